The molecule has 2 aromatic carbocycles. The SMILES string of the molecule is CCCCCOCCOCCNC(=O)OCCOCCOCCOC(=O)NC/C=C/C(=O)N1CCC[C@@H](N=C(c2ccc(Oc3ccccc3)cc2)c2c(N)ncnc2N)C1. The maximum atomic E-state index is 13.1. The number of benzene rings is 2. The topological polar surface area (TPSA) is 233 Å². The first-order chi connectivity index (χ1) is 29.8. The molecule has 0 radical (unpaired) electrons. The van der Waals surface area contributed by atoms with Crippen LogP contribution in [0.5, 0.6) is 11.5 Å². The number of alkyl carbamates (subject to hydrolysis) is 2. The first-order valence-corrected chi connectivity index (χ1v) is 20.7. The number of nitrogens with two attached hydrogens (primary N) is 2. The van der Waals surface area contributed by atoms with E-state index in [4.69, 9.17) is 49.6 Å². The molecule has 0 saturated carbocycles. The lowest BCUT2D eigenvalue weighted by Gasteiger charge is -2.30. The molecular formula is C43H60N8O10. The molecule has 1 aliphatic heterocycles. The fraction of sp³-hybridized carbons (Fsp3) is 0.488. The monoisotopic (exact) mass is 848 g/mol. The molecule has 4 rings (SSSR count). The first kappa shape index (κ1) is 47.9. The fourth-order valence-electron chi connectivity index (χ4n) is 5.91. The lowest BCUT2D eigenvalue weighted by atomic mass is 10.0. The second-order valence-electron chi connectivity index (χ2n) is 13.7. The molecule has 18 heteroatoms. The highest BCUT2D eigenvalue weighted by molar-refractivity contribution is 6.17. The Kier molecular flexibility index (Phi) is 22.4. The molecule has 0 spiro atoms. The van der Waals surface area contributed by atoms with Crippen LogP contribution >= 0.6 is 0 Å². The smallest absolute Gasteiger partial charge is 0.407 e. The van der Waals surface area contributed by atoms with Crippen molar-refractivity contribution in [1.29, 1.82) is 0 Å². The standard InChI is InChI=1S/C43H60N8O10/c1-2-3-7-21-55-23-24-56-22-19-47-43(54)60-30-28-58-26-25-57-27-29-59-42(53)46-18-8-13-37(52)51-20-9-10-34(31-51)50-39(38-40(44)48-32-49-41(38)45)33-14-16-36(17-15-33)61-35-11-5-4-6-12-35/h4-6,8,11-17,32,34H,2-3,7,9-10,18-31H2,1H3,(H,46,53)(H,47,54)(H4,44,45,48,49)/b13-8+,50-39?/t34-/m1/s1. The van der Waals surface area contributed by atoms with E-state index in [0.29, 0.717) is 62.2 Å². The molecule has 1 aromatic heterocycles. The van der Waals surface area contributed by atoms with Gasteiger partial charge in [-0.25, -0.2) is 19.6 Å². The maximum absolute atomic E-state index is 13.1. The van der Waals surface area contributed by atoms with Gasteiger partial charge in [-0.05, 0) is 55.7 Å². The average molecular weight is 849 g/mol. The third-order valence-corrected chi connectivity index (χ3v) is 8.97. The van der Waals surface area contributed by atoms with Gasteiger partial charge in [0, 0.05) is 44.4 Å². The molecular weight excluding hydrogens is 789 g/mol. The second-order valence-corrected chi connectivity index (χ2v) is 13.7. The van der Waals surface area contributed by atoms with E-state index in [2.05, 4.69) is 27.5 Å². The van der Waals surface area contributed by atoms with Crippen molar-refractivity contribution in [3.05, 3.63) is 84.2 Å². The number of hydrogen-bond donors (Lipinski definition) is 4. The highest BCUT2D eigenvalue weighted by Crippen LogP contribution is 2.26. The Bertz CT molecular complexity index is 1780. The Morgan fingerprint density at radius 3 is 2.05 bits per heavy atom. The molecule has 0 bridgehead atoms. The van der Waals surface area contributed by atoms with E-state index >= 15 is 0 Å². The Hall–Kier alpha value is -5.82. The lowest BCUT2D eigenvalue weighted by molar-refractivity contribution is -0.127. The third-order valence-electron chi connectivity index (χ3n) is 8.97. The molecule has 0 aliphatic carbocycles. The van der Waals surface area contributed by atoms with Crippen molar-refractivity contribution in [3.8, 4) is 11.5 Å². The van der Waals surface area contributed by atoms with Crippen LogP contribution < -0.4 is 26.8 Å². The van der Waals surface area contributed by atoms with Crippen molar-refractivity contribution in [1.82, 2.24) is 25.5 Å². The van der Waals surface area contributed by atoms with E-state index < -0.39 is 12.2 Å². The van der Waals surface area contributed by atoms with Crippen LogP contribution in [0.15, 0.2) is 78.1 Å². The molecule has 6 N–H and O–H groups in total. The minimum absolute atomic E-state index is 0.0309. The summed E-state index contributed by atoms with van der Waals surface area (Å²) in [7, 11) is 0. The zero-order chi connectivity index (χ0) is 43.3. The molecule has 0 unspecified atom stereocenters. The number of nitrogens with zero attached hydrogens (tertiary/aromatic N) is 4. The second kappa shape index (κ2) is 28.6. The number of piperidine rings is 1. The van der Waals surface area contributed by atoms with Gasteiger partial charge in [0.05, 0.1) is 63.6 Å². The van der Waals surface area contributed by atoms with Crippen molar-refractivity contribution < 1.29 is 47.5 Å². The molecule has 1 atom stereocenters. The van der Waals surface area contributed by atoms with Crippen molar-refractivity contribution >= 4 is 35.4 Å². The number of carbonyl (C=O) groups excluding carboxylic acids is 3. The number of amides is 3. The number of para-hydroxylation sites is 1. The molecule has 3 aromatic rings. The summed E-state index contributed by atoms with van der Waals surface area (Å²) in [6.07, 6.45) is 7.95. The third kappa shape index (κ3) is 19.0. The lowest BCUT2D eigenvalue weighted by Crippen LogP contribution is -2.41. The molecule has 1 saturated heterocycles. The number of hydrogen-bond acceptors (Lipinski definition) is 15. The summed E-state index contributed by atoms with van der Waals surface area (Å²) in [6.45, 7) is 6.68. The van der Waals surface area contributed by atoms with Crippen molar-refractivity contribution in [2.24, 2.45) is 4.99 Å². The number of aliphatic imine (C=N–C) groups is 1. The van der Waals surface area contributed by atoms with Gasteiger partial charge in [0.2, 0.25) is 5.91 Å². The molecule has 1 aliphatic rings. The molecule has 1 fully saturated rings. The summed E-state index contributed by atoms with van der Waals surface area (Å²) >= 11 is 0. The fourth-order valence-corrected chi connectivity index (χ4v) is 5.91. The summed E-state index contributed by atoms with van der Waals surface area (Å²) < 4.78 is 37.8. The highest BCUT2D eigenvalue weighted by Gasteiger charge is 2.25. The summed E-state index contributed by atoms with van der Waals surface area (Å²) in [4.78, 5) is 52.0. The Balaban J connectivity index is 1.07. The van der Waals surface area contributed by atoms with E-state index in [1.165, 1.54) is 12.4 Å². The summed E-state index contributed by atoms with van der Waals surface area (Å²) in [5.41, 5.74) is 14.3. The Morgan fingerprint density at radius 2 is 1.38 bits per heavy atom. The normalized spacial score (nSPS) is 14.1. The Labute approximate surface area is 357 Å². The van der Waals surface area contributed by atoms with E-state index in [1.54, 1.807) is 11.0 Å². The number of nitrogen functional groups attached to an aromatic ring is 2. The van der Waals surface area contributed by atoms with Crippen LogP contribution in [0.2, 0.25) is 0 Å². The number of ether oxygens (including phenoxy) is 7. The van der Waals surface area contributed by atoms with Crippen LogP contribution in [-0.2, 0) is 33.2 Å². The predicted molar refractivity (Wildman–Crippen MR) is 230 cm³/mol. The summed E-state index contributed by atoms with van der Waals surface area (Å²) in [5, 5.41) is 5.19. The van der Waals surface area contributed by atoms with Crippen LogP contribution in [-0.4, -0.2) is 137 Å². The number of carbonyl (C=O) groups is 3. The van der Waals surface area contributed by atoms with Gasteiger partial charge in [-0.2, -0.15) is 0 Å². The van der Waals surface area contributed by atoms with Crippen molar-refractivity contribution in [2.45, 2.75) is 45.1 Å². The van der Waals surface area contributed by atoms with Crippen molar-refractivity contribution in [2.75, 3.05) is 104 Å². The maximum Gasteiger partial charge on any atom is 0.407 e. The van der Waals surface area contributed by atoms with Gasteiger partial charge in [0.25, 0.3) is 0 Å². The van der Waals surface area contributed by atoms with Gasteiger partial charge in [-0.1, -0.05) is 44.0 Å². The predicted octanol–water partition coefficient (Wildman–Crippen LogP) is 4.53. The number of anilines is 2. The summed E-state index contributed by atoms with van der Waals surface area (Å²) in [6, 6.07) is 16.6. The molecule has 18 nitrogen and oxygen atoms in total. The van der Waals surface area contributed by atoms with Gasteiger partial charge in [-0.3, -0.25) is 9.79 Å². The van der Waals surface area contributed by atoms with E-state index in [0.717, 1.165) is 44.3 Å². The molecule has 61 heavy (non-hydrogen) atoms. The van der Waals surface area contributed by atoms with E-state index in [9.17, 15) is 14.4 Å². The van der Waals surface area contributed by atoms with Gasteiger partial charge in [-0.15, -0.1) is 0 Å². The van der Waals surface area contributed by atoms with E-state index in [-0.39, 0.29) is 69.8 Å². The molecule has 3 amide bonds. The zero-order valence-corrected chi connectivity index (χ0v) is 35.0. The summed E-state index contributed by atoms with van der Waals surface area (Å²) in [5.74, 6) is 1.54. The zero-order valence-electron chi connectivity index (χ0n) is 35.0. The van der Waals surface area contributed by atoms with Crippen LogP contribution in [0, 0.1) is 0 Å². The van der Waals surface area contributed by atoms with Gasteiger partial charge in [0.15, 0.2) is 0 Å². The quantitative estimate of drug-likeness (QED) is 0.0469. The van der Waals surface area contributed by atoms with Crippen LogP contribution in [0.3, 0.4) is 0 Å². The minimum atomic E-state index is -0.645. The molecule has 2 heterocycles. The minimum Gasteiger partial charge on any atom is -0.457 e. The average Bonchev–Trinajstić information content (AvgIpc) is 3.26. The number of rotatable bonds is 27. The first-order valence-electron chi connectivity index (χ1n) is 20.7. The Morgan fingerprint density at radius 1 is 0.770 bits per heavy atom. The van der Waals surface area contributed by atoms with Gasteiger partial charge < -0.3 is 60.2 Å². The number of nitrogens with one attached hydrogen (secondary N) is 2. The van der Waals surface area contributed by atoms with Crippen LogP contribution in [0.4, 0.5) is 21.2 Å². The highest BCUT2D eigenvalue weighted by atomic mass is 16.6. The van der Waals surface area contributed by atoms with Crippen LogP contribution in [0.1, 0.15) is 50.2 Å². The van der Waals surface area contributed by atoms with Gasteiger partial charge in [0.1, 0.15) is 42.7 Å². The van der Waals surface area contributed by atoms with Crippen molar-refractivity contribution in [3.63, 3.8) is 0 Å². The largest absolute Gasteiger partial charge is 0.457 e. The van der Waals surface area contributed by atoms with Crippen LogP contribution in [0.25, 0.3) is 0 Å². The number of unbranched alkanes of at least 4 members (excludes halogenated alkanes) is 2. The molecule has 332 valence electrons. The van der Waals surface area contributed by atoms with Gasteiger partial charge >= 0.3 is 12.2 Å². The number of aromatic nitrogens is 2. The van der Waals surface area contributed by atoms with E-state index in [1.807, 2.05) is 54.6 Å². The number of likely N-dealkylation sites (tertiary alicyclic amines) is 1.